The van der Waals surface area contributed by atoms with Gasteiger partial charge >= 0.3 is 0 Å². The van der Waals surface area contributed by atoms with Crippen LogP contribution in [0.1, 0.15) is 24.2 Å². The van der Waals surface area contributed by atoms with Gasteiger partial charge in [0.2, 0.25) is 11.8 Å². The highest BCUT2D eigenvalue weighted by molar-refractivity contribution is 8.01. The summed E-state index contributed by atoms with van der Waals surface area (Å²) >= 11 is 1.68. The highest BCUT2D eigenvalue weighted by Crippen LogP contribution is 2.45. The van der Waals surface area contributed by atoms with E-state index in [2.05, 4.69) is 0 Å². The van der Waals surface area contributed by atoms with Gasteiger partial charge in [-0.05, 0) is 42.7 Å². The van der Waals surface area contributed by atoms with Crippen LogP contribution < -0.4 is 0 Å². The number of piperidine rings is 1. The standard InChI is InChI=1S/C20H21FN2O3S/c21-16-5-3-15(4-6-16)12-18(24)22-9-7-20(8-10-22)23(19(25)14-27-20)13-17-2-1-11-26-17/h1-6,11H,7-10,12-14H2. The van der Waals surface area contributed by atoms with Crippen LogP contribution in [0.5, 0.6) is 0 Å². The van der Waals surface area contributed by atoms with Gasteiger partial charge in [0, 0.05) is 13.1 Å². The quantitative estimate of drug-likeness (QED) is 0.808. The SMILES string of the molecule is O=C(Cc1ccc(F)cc1)N1CCC2(CC1)SCC(=O)N2Cc1ccco1. The zero-order valence-corrected chi connectivity index (χ0v) is 15.7. The van der Waals surface area contributed by atoms with Crippen molar-refractivity contribution in [3.63, 3.8) is 0 Å². The number of halogens is 1. The van der Waals surface area contributed by atoms with Crippen molar-refractivity contribution < 1.29 is 18.4 Å². The van der Waals surface area contributed by atoms with Crippen LogP contribution in [0.4, 0.5) is 4.39 Å². The molecule has 0 atom stereocenters. The van der Waals surface area contributed by atoms with Crippen LogP contribution >= 0.6 is 11.8 Å². The zero-order chi connectivity index (χ0) is 18.9. The van der Waals surface area contributed by atoms with Gasteiger partial charge in [0.05, 0.1) is 29.9 Å². The van der Waals surface area contributed by atoms with E-state index in [4.69, 9.17) is 4.42 Å². The summed E-state index contributed by atoms with van der Waals surface area (Å²) in [6.07, 6.45) is 3.39. The van der Waals surface area contributed by atoms with E-state index in [0.717, 1.165) is 24.2 Å². The summed E-state index contributed by atoms with van der Waals surface area (Å²) in [5.41, 5.74) is 0.812. The Morgan fingerprint density at radius 2 is 1.93 bits per heavy atom. The third-order valence-corrected chi connectivity index (χ3v) is 6.87. The van der Waals surface area contributed by atoms with Gasteiger partial charge in [-0.15, -0.1) is 11.8 Å². The van der Waals surface area contributed by atoms with Crippen LogP contribution in [0.3, 0.4) is 0 Å². The fraction of sp³-hybridized carbons (Fsp3) is 0.400. The third kappa shape index (κ3) is 3.74. The molecule has 7 heteroatoms. The minimum atomic E-state index is -0.300. The number of benzene rings is 1. The number of carbonyl (C=O) groups excluding carboxylic acids is 2. The topological polar surface area (TPSA) is 53.8 Å². The van der Waals surface area contributed by atoms with E-state index in [1.807, 2.05) is 21.9 Å². The molecule has 4 rings (SSSR count). The molecule has 1 spiro atoms. The first-order valence-electron chi connectivity index (χ1n) is 9.05. The van der Waals surface area contributed by atoms with Crippen LogP contribution in [0.25, 0.3) is 0 Å². The predicted molar refractivity (Wildman–Crippen MR) is 100 cm³/mol. The molecule has 0 radical (unpaired) electrons. The Labute approximate surface area is 161 Å². The molecule has 142 valence electrons. The van der Waals surface area contributed by atoms with Crippen molar-refractivity contribution in [3.05, 3.63) is 59.8 Å². The molecular weight excluding hydrogens is 367 g/mol. The summed E-state index contributed by atoms with van der Waals surface area (Å²) in [6.45, 7) is 1.71. The largest absolute Gasteiger partial charge is 0.467 e. The predicted octanol–water partition coefficient (Wildman–Crippen LogP) is 3.06. The Balaban J connectivity index is 1.39. The lowest BCUT2D eigenvalue weighted by Crippen LogP contribution is -2.52. The molecule has 2 saturated heterocycles. The number of furan rings is 1. The molecule has 2 aromatic rings. The van der Waals surface area contributed by atoms with Crippen molar-refractivity contribution in [2.24, 2.45) is 0 Å². The van der Waals surface area contributed by atoms with E-state index in [1.165, 1.54) is 12.1 Å². The number of hydrogen-bond donors (Lipinski definition) is 0. The number of rotatable bonds is 4. The summed E-state index contributed by atoms with van der Waals surface area (Å²) in [5.74, 6) is 1.13. The highest BCUT2D eigenvalue weighted by Gasteiger charge is 2.48. The lowest BCUT2D eigenvalue weighted by molar-refractivity contribution is -0.135. The molecule has 0 saturated carbocycles. The van der Waals surface area contributed by atoms with Crippen LogP contribution in [0.2, 0.25) is 0 Å². The zero-order valence-electron chi connectivity index (χ0n) is 14.9. The number of carbonyl (C=O) groups is 2. The van der Waals surface area contributed by atoms with Gasteiger partial charge in [-0.25, -0.2) is 4.39 Å². The summed E-state index contributed by atoms with van der Waals surface area (Å²) in [4.78, 5) is 28.5. The van der Waals surface area contributed by atoms with E-state index in [1.54, 1.807) is 30.2 Å². The maximum atomic E-state index is 13.0. The van der Waals surface area contributed by atoms with Crippen LogP contribution in [-0.2, 0) is 22.6 Å². The molecule has 5 nitrogen and oxygen atoms in total. The normalized spacial score (nSPS) is 19.1. The maximum Gasteiger partial charge on any atom is 0.234 e. The van der Waals surface area contributed by atoms with Crippen molar-refractivity contribution in [1.29, 1.82) is 0 Å². The van der Waals surface area contributed by atoms with Gasteiger partial charge in [0.15, 0.2) is 0 Å². The van der Waals surface area contributed by atoms with E-state index in [0.29, 0.717) is 25.4 Å². The Bertz CT molecular complexity index is 814. The first kappa shape index (κ1) is 18.1. The fourth-order valence-electron chi connectivity index (χ4n) is 3.78. The van der Waals surface area contributed by atoms with Crippen LogP contribution in [0.15, 0.2) is 47.1 Å². The van der Waals surface area contributed by atoms with E-state index < -0.39 is 0 Å². The van der Waals surface area contributed by atoms with Gasteiger partial charge < -0.3 is 14.2 Å². The number of amides is 2. The smallest absolute Gasteiger partial charge is 0.234 e. The van der Waals surface area contributed by atoms with Gasteiger partial charge in [-0.1, -0.05) is 12.1 Å². The molecule has 0 bridgehead atoms. The van der Waals surface area contributed by atoms with Gasteiger partial charge in [-0.3, -0.25) is 9.59 Å². The minimum absolute atomic E-state index is 0.0448. The van der Waals surface area contributed by atoms with Crippen molar-refractivity contribution in [1.82, 2.24) is 9.80 Å². The lowest BCUT2D eigenvalue weighted by atomic mass is 10.0. The molecule has 2 aliphatic heterocycles. The second-order valence-corrected chi connectivity index (χ2v) is 8.32. The van der Waals surface area contributed by atoms with Crippen molar-refractivity contribution in [3.8, 4) is 0 Å². The van der Waals surface area contributed by atoms with Crippen molar-refractivity contribution >= 4 is 23.6 Å². The molecule has 2 amide bonds. The Morgan fingerprint density at radius 1 is 1.19 bits per heavy atom. The Hall–Kier alpha value is -2.28. The molecular formula is C20H21FN2O3S. The van der Waals surface area contributed by atoms with Crippen LogP contribution in [0, 0.1) is 5.82 Å². The minimum Gasteiger partial charge on any atom is -0.467 e. The second-order valence-electron chi connectivity index (χ2n) is 6.98. The first-order chi connectivity index (χ1) is 13.1. The molecule has 3 heterocycles. The number of hydrogen-bond acceptors (Lipinski definition) is 4. The molecule has 1 aromatic heterocycles. The Kier molecular flexibility index (Phi) is 4.95. The van der Waals surface area contributed by atoms with E-state index in [-0.39, 0.29) is 28.9 Å². The van der Waals surface area contributed by atoms with E-state index >= 15 is 0 Å². The summed E-state index contributed by atoms with van der Waals surface area (Å²) in [5, 5.41) is 0. The van der Waals surface area contributed by atoms with Gasteiger partial charge in [0.25, 0.3) is 0 Å². The lowest BCUT2D eigenvalue weighted by Gasteiger charge is -2.43. The molecule has 1 aromatic carbocycles. The van der Waals surface area contributed by atoms with Gasteiger partial charge in [0.1, 0.15) is 11.6 Å². The highest BCUT2D eigenvalue weighted by atomic mass is 32.2. The molecule has 27 heavy (non-hydrogen) atoms. The third-order valence-electron chi connectivity index (χ3n) is 5.32. The van der Waals surface area contributed by atoms with Gasteiger partial charge in [-0.2, -0.15) is 0 Å². The average molecular weight is 388 g/mol. The fourth-order valence-corrected chi connectivity index (χ4v) is 5.12. The first-order valence-corrected chi connectivity index (χ1v) is 10.0. The van der Waals surface area contributed by atoms with Crippen LogP contribution in [-0.4, -0.2) is 45.3 Å². The van der Waals surface area contributed by atoms with Crippen molar-refractivity contribution in [2.75, 3.05) is 18.8 Å². The molecule has 0 unspecified atom stereocenters. The average Bonchev–Trinajstić information content (AvgIpc) is 3.29. The van der Waals surface area contributed by atoms with Crippen molar-refractivity contribution in [2.45, 2.75) is 30.7 Å². The number of likely N-dealkylation sites (tertiary alicyclic amines) is 1. The maximum absolute atomic E-state index is 13.0. The Morgan fingerprint density at radius 3 is 2.59 bits per heavy atom. The molecule has 0 N–H and O–H groups in total. The molecule has 2 aliphatic rings. The summed E-state index contributed by atoms with van der Waals surface area (Å²) in [6, 6.07) is 9.75. The van der Waals surface area contributed by atoms with E-state index in [9.17, 15) is 14.0 Å². The number of nitrogens with zero attached hydrogens (tertiary/aromatic N) is 2. The summed E-state index contributed by atoms with van der Waals surface area (Å²) in [7, 11) is 0. The summed E-state index contributed by atoms with van der Waals surface area (Å²) < 4.78 is 18.4. The molecule has 0 aliphatic carbocycles. The number of thioether (sulfide) groups is 1. The monoisotopic (exact) mass is 388 g/mol. The molecule has 2 fully saturated rings. The second kappa shape index (κ2) is 7.38.